The normalized spacial score (nSPS) is 11.7. The fourth-order valence-corrected chi connectivity index (χ4v) is 2.46. The number of rotatable bonds is 13. The molecule has 22 heavy (non-hydrogen) atoms. The Balaban J connectivity index is 3.92. The quantitative estimate of drug-likeness (QED) is 0.284. The van der Waals surface area contributed by atoms with Gasteiger partial charge in [0, 0.05) is 6.42 Å². The van der Waals surface area contributed by atoms with Crippen LogP contribution in [0.3, 0.4) is 0 Å². The molecule has 0 aromatic rings. The van der Waals surface area contributed by atoms with Gasteiger partial charge in [-0.1, -0.05) is 0 Å². The van der Waals surface area contributed by atoms with Crippen molar-refractivity contribution in [3.05, 3.63) is 0 Å². The molecule has 0 aliphatic carbocycles. The SMILES string of the molecule is N[C](=[W])CCCCC[C@H](CC(=O)NCCCC(=O)O)C(=O)O. The molecule has 0 rings (SSSR count). The van der Waals surface area contributed by atoms with Gasteiger partial charge in [0.1, 0.15) is 0 Å². The van der Waals surface area contributed by atoms with Crippen LogP contribution >= 0.6 is 0 Å². The van der Waals surface area contributed by atoms with E-state index < -0.39 is 17.9 Å². The summed E-state index contributed by atoms with van der Waals surface area (Å²) in [4.78, 5) is 33.1. The van der Waals surface area contributed by atoms with Crippen molar-refractivity contribution in [1.82, 2.24) is 5.32 Å². The molecule has 0 radical (unpaired) electrons. The van der Waals surface area contributed by atoms with Gasteiger partial charge in [0.15, 0.2) is 0 Å². The van der Waals surface area contributed by atoms with Gasteiger partial charge in [-0.15, -0.1) is 0 Å². The van der Waals surface area contributed by atoms with Crippen LogP contribution in [-0.2, 0) is 33.7 Å². The Labute approximate surface area is 141 Å². The molecule has 0 spiro atoms. The molecule has 0 saturated heterocycles. The zero-order valence-electron chi connectivity index (χ0n) is 12.5. The molecule has 0 aromatic heterocycles. The molecule has 0 unspecified atom stereocenters. The van der Waals surface area contributed by atoms with Crippen molar-refractivity contribution in [2.75, 3.05) is 6.54 Å². The first-order valence-corrected chi connectivity index (χ1v) is 8.79. The molecule has 0 aliphatic rings. The zero-order chi connectivity index (χ0) is 17.0. The van der Waals surface area contributed by atoms with Crippen LogP contribution in [0.5, 0.6) is 0 Å². The van der Waals surface area contributed by atoms with Crippen LogP contribution in [0.1, 0.15) is 51.4 Å². The molecule has 5 N–H and O–H groups in total. The van der Waals surface area contributed by atoms with Crippen molar-refractivity contribution in [1.29, 1.82) is 0 Å². The number of carboxylic acids is 2. The first-order valence-electron chi connectivity index (χ1n) is 7.32. The number of nitrogens with one attached hydrogen (secondary N) is 1. The molecule has 0 saturated carbocycles. The summed E-state index contributed by atoms with van der Waals surface area (Å²) in [5.74, 6) is -2.91. The van der Waals surface area contributed by atoms with Crippen molar-refractivity contribution in [2.24, 2.45) is 11.7 Å². The van der Waals surface area contributed by atoms with Crippen molar-refractivity contribution >= 4 is 21.9 Å². The van der Waals surface area contributed by atoms with Gasteiger partial charge in [-0.3, -0.25) is 4.79 Å². The number of amides is 1. The summed E-state index contributed by atoms with van der Waals surface area (Å²) in [5, 5.41) is 20.2. The summed E-state index contributed by atoms with van der Waals surface area (Å²) in [5.41, 5.74) is 5.60. The molecule has 0 aromatic carbocycles. The standard InChI is InChI=1S/C14H24N2O5.W/c15-8-4-2-1-3-6-11(14(20)21)10-12(17)16-9-5-7-13(18)19;/h11H,1-7,9-10,15H2,(H,16,17)(H,18,19)(H,20,21);/t11-;/m1./s1. The van der Waals surface area contributed by atoms with Gasteiger partial charge >= 0.3 is 124 Å². The first kappa shape index (κ1) is 20.9. The van der Waals surface area contributed by atoms with E-state index in [0.29, 0.717) is 12.8 Å². The van der Waals surface area contributed by atoms with Crippen molar-refractivity contribution < 1.29 is 44.0 Å². The summed E-state index contributed by atoms with van der Waals surface area (Å²) in [6.45, 7) is 0.255. The van der Waals surface area contributed by atoms with E-state index in [1.54, 1.807) is 0 Å². The van der Waals surface area contributed by atoms with Crippen LogP contribution in [0.2, 0.25) is 0 Å². The minimum absolute atomic E-state index is 0.0120. The Kier molecular flexibility index (Phi) is 11.9. The molecule has 8 heteroatoms. The summed E-state index contributed by atoms with van der Waals surface area (Å²) >= 11 is 1.28. The molecular weight excluding hydrogens is 460 g/mol. The third-order valence-corrected chi connectivity index (χ3v) is 3.88. The molecule has 1 amide bonds. The number of nitrogens with two attached hydrogens (primary N) is 1. The third kappa shape index (κ3) is 12.7. The van der Waals surface area contributed by atoms with E-state index in [-0.39, 0.29) is 25.3 Å². The molecule has 0 bridgehead atoms. The van der Waals surface area contributed by atoms with Crippen LogP contribution < -0.4 is 11.1 Å². The number of hydrogen-bond acceptors (Lipinski definition) is 4. The first-order chi connectivity index (χ1) is 10.3. The van der Waals surface area contributed by atoms with Crippen LogP contribution in [-0.4, -0.2) is 38.6 Å². The predicted octanol–water partition coefficient (Wildman–Crippen LogP) is 0.644. The van der Waals surface area contributed by atoms with Crippen LogP contribution in [0, 0.1) is 5.92 Å². The number of hydrogen-bond donors (Lipinski definition) is 4. The number of unbranched alkanes of at least 4 members (excludes halogenated alkanes) is 2. The van der Waals surface area contributed by atoms with Crippen molar-refractivity contribution in [2.45, 2.75) is 51.4 Å². The molecule has 1 atom stereocenters. The monoisotopic (exact) mass is 484 g/mol. The van der Waals surface area contributed by atoms with Gasteiger partial charge in [0.2, 0.25) is 0 Å². The number of aliphatic carboxylic acids is 2. The fourth-order valence-electron chi connectivity index (χ4n) is 1.94. The Bertz CT molecular complexity index is 401. The van der Waals surface area contributed by atoms with Gasteiger partial charge in [0.25, 0.3) is 0 Å². The molecule has 7 nitrogen and oxygen atoms in total. The predicted molar refractivity (Wildman–Crippen MR) is 77.9 cm³/mol. The Morgan fingerprint density at radius 3 is 2.27 bits per heavy atom. The minimum atomic E-state index is -0.966. The summed E-state index contributed by atoms with van der Waals surface area (Å²) in [6.07, 6.45) is 4.21. The molecule has 0 fully saturated rings. The van der Waals surface area contributed by atoms with E-state index in [1.165, 1.54) is 19.4 Å². The third-order valence-electron chi connectivity index (χ3n) is 3.15. The van der Waals surface area contributed by atoms with E-state index in [9.17, 15) is 14.4 Å². The van der Waals surface area contributed by atoms with Gasteiger partial charge in [-0.2, -0.15) is 0 Å². The fraction of sp³-hybridized carbons (Fsp3) is 0.714. The van der Waals surface area contributed by atoms with E-state index in [4.69, 9.17) is 15.9 Å². The van der Waals surface area contributed by atoms with Crippen molar-refractivity contribution in [3.63, 3.8) is 0 Å². The van der Waals surface area contributed by atoms with Crippen LogP contribution in [0.4, 0.5) is 0 Å². The van der Waals surface area contributed by atoms with E-state index in [0.717, 1.165) is 29.7 Å². The Morgan fingerprint density at radius 1 is 1.05 bits per heavy atom. The van der Waals surface area contributed by atoms with Crippen LogP contribution in [0.15, 0.2) is 0 Å². The van der Waals surface area contributed by atoms with Crippen LogP contribution in [0.25, 0.3) is 0 Å². The number of carbonyl (C=O) groups is 3. The average Bonchev–Trinajstić information content (AvgIpc) is 2.41. The topological polar surface area (TPSA) is 130 Å². The second kappa shape index (κ2) is 12.5. The maximum atomic E-state index is 11.6. The average molecular weight is 484 g/mol. The van der Waals surface area contributed by atoms with Gasteiger partial charge in [0.05, 0.1) is 0 Å². The second-order valence-electron chi connectivity index (χ2n) is 5.15. The van der Waals surface area contributed by atoms with E-state index in [2.05, 4.69) is 5.32 Å². The number of carbonyl (C=O) groups excluding carboxylic acids is 1. The molecule has 0 aliphatic heterocycles. The molecular formula is C14H24N2O5W. The Morgan fingerprint density at radius 2 is 1.73 bits per heavy atom. The second-order valence-corrected chi connectivity index (χ2v) is 7.04. The maximum absolute atomic E-state index is 11.6. The molecule has 126 valence electrons. The van der Waals surface area contributed by atoms with Crippen molar-refractivity contribution in [3.8, 4) is 0 Å². The molecule has 0 heterocycles. The van der Waals surface area contributed by atoms with Gasteiger partial charge in [-0.05, 0) is 0 Å². The summed E-state index contributed by atoms with van der Waals surface area (Å²) in [7, 11) is 0. The van der Waals surface area contributed by atoms with Gasteiger partial charge in [-0.25, -0.2) is 0 Å². The summed E-state index contributed by atoms with van der Waals surface area (Å²) in [6, 6.07) is 0. The Hall–Kier alpha value is -1.07. The number of carboxylic acid groups (broad SMARTS) is 2. The zero-order valence-corrected chi connectivity index (χ0v) is 15.5. The summed E-state index contributed by atoms with van der Waals surface area (Å²) < 4.78 is 0.954. The van der Waals surface area contributed by atoms with Gasteiger partial charge < -0.3 is 5.11 Å². The van der Waals surface area contributed by atoms with E-state index >= 15 is 0 Å². The van der Waals surface area contributed by atoms with E-state index in [1.807, 2.05) is 0 Å².